The first kappa shape index (κ1) is 15.5. The summed E-state index contributed by atoms with van der Waals surface area (Å²) < 4.78 is 0. The van der Waals surface area contributed by atoms with E-state index < -0.39 is 0 Å². The Morgan fingerprint density at radius 3 is 2.70 bits per heavy atom. The number of nitrogens with zero attached hydrogens (tertiary/aromatic N) is 2. The molecule has 1 aromatic heterocycles. The second kappa shape index (κ2) is 6.26. The van der Waals surface area contributed by atoms with Crippen molar-refractivity contribution in [3.8, 4) is 0 Å². The molecule has 0 radical (unpaired) electrons. The fourth-order valence-corrected chi connectivity index (χ4v) is 3.31. The molecule has 1 fully saturated rings. The molecule has 1 aliphatic heterocycles. The van der Waals surface area contributed by atoms with Crippen LogP contribution >= 0.6 is 11.6 Å². The number of nitrogens with one attached hydrogen (secondary N) is 1. The monoisotopic (exact) mass is 297 g/mol. The second-order valence-corrected chi connectivity index (χ2v) is 6.07. The molecule has 1 aromatic rings. The first-order valence-corrected chi connectivity index (χ1v) is 7.52. The van der Waals surface area contributed by atoms with Crippen LogP contribution < -0.4 is 17.0 Å². The molecule has 0 aliphatic carbocycles. The number of pyridine rings is 1. The molecular weight excluding hydrogens is 274 g/mol. The van der Waals surface area contributed by atoms with Gasteiger partial charge in [0.15, 0.2) is 0 Å². The number of hydrogen-bond acceptors (Lipinski definition) is 5. The minimum Gasteiger partial charge on any atom is -0.383 e. The fourth-order valence-electron chi connectivity index (χ4n) is 3.14. The largest absolute Gasteiger partial charge is 0.383 e. The van der Waals surface area contributed by atoms with Gasteiger partial charge < -0.3 is 5.73 Å². The third kappa shape index (κ3) is 2.76. The number of rotatable bonds is 5. The van der Waals surface area contributed by atoms with E-state index in [4.69, 9.17) is 23.2 Å². The van der Waals surface area contributed by atoms with E-state index in [9.17, 15) is 0 Å². The van der Waals surface area contributed by atoms with Crippen LogP contribution in [0.3, 0.4) is 0 Å². The Hall–Kier alpha value is -0.880. The number of nitrogen functional groups attached to an aromatic ring is 1. The Bertz CT molecular complexity index is 461. The van der Waals surface area contributed by atoms with Gasteiger partial charge >= 0.3 is 0 Å². The first-order chi connectivity index (χ1) is 9.52. The number of hydrazine groups is 1. The van der Waals surface area contributed by atoms with E-state index in [1.807, 2.05) is 6.07 Å². The van der Waals surface area contributed by atoms with E-state index in [0.29, 0.717) is 10.8 Å². The van der Waals surface area contributed by atoms with Gasteiger partial charge in [0.25, 0.3) is 0 Å². The van der Waals surface area contributed by atoms with E-state index >= 15 is 0 Å². The minimum absolute atomic E-state index is 0.100. The number of anilines is 1. The molecule has 5 N–H and O–H groups in total. The molecule has 0 spiro atoms. The summed E-state index contributed by atoms with van der Waals surface area (Å²) in [5.74, 6) is 6.33. The van der Waals surface area contributed by atoms with E-state index in [2.05, 4.69) is 29.2 Å². The normalized spacial score (nSPS) is 20.8. The summed E-state index contributed by atoms with van der Waals surface area (Å²) in [7, 11) is 0. The topological polar surface area (TPSA) is 80.2 Å². The zero-order valence-corrected chi connectivity index (χ0v) is 13.0. The average molecular weight is 298 g/mol. The predicted octanol–water partition coefficient (Wildman–Crippen LogP) is 2.09. The Morgan fingerprint density at radius 1 is 1.50 bits per heavy atom. The highest BCUT2D eigenvalue weighted by molar-refractivity contribution is 6.30. The van der Waals surface area contributed by atoms with Crippen molar-refractivity contribution < 1.29 is 0 Å². The maximum absolute atomic E-state index is 6.07. The Kier molecular flexibility index (Phi) is 4.86. The number of likely N-dealkylation sites (tertiary alicyclic amines) is 1. The van der Waals surface area contributed by atoms with Gasteiger partial charge in [-0.15, -0.1) is 0 Å². The lowest BCUT2D eigenvalue weighted by Gasteiger charge is -2.44. The lowest BCUT2D eigenvalue weighted by Crippen LogP contribution is -2.55. The quantitative estimate of drug-likeness (QED) is 0.573. The molecule has 112 valence electrons. The summed E-state index contributed by atoms with van der Waals surface area (Å²) in [6, 6.07) is 1.76. The highest BCUT2D eigenvalue weighted by Crippen LogP contribution is 2.38. The Morgan fingerprint density at radius 2 is 2.15 bits per heavy atom. The number of halogens is 1. The van der Waals surface area contributed by atoms with Crippen LogP contribution in [-0.2, 0) is 0 Å². The van der Waals surface area contributed by atoms with E-state index in [1.54, 1.807) is 6.20 Å². The van der Waals surface area contributed by atoms with Gasteiger partial charge in [0.05, 0.1) is 11.1 Å². The van der Waals surface area contributed by atoms with Gasteiger partial charge in [-0.1, -0.05) is 18.5 Å². The maximum Gasteiger partial charge on any atom is 0.128 e. The van der Waals surface area contributed by atoms with Crippen molar-refractivity contribution in [1.82, 2.24) is 15.3 Å². The highest BCUT2D eigenvalue weighted by atomic mass is 35.5. The standard InChI is InChI=1S/C14H24ClN5/c1-3-14(2,20-6-4-5-7-20)12(19-17)11-8-10(15)9-18-13(11)16/h8-9,12,19H,3-7,17H2,1-2H3,(H2,16,18). The van der Waals surface area contributed by atoms with Crippen LogP contribution in [0.5, 0.6) is 0 Å². The van der Waals surface area contributed by atoms with Crippen molar-refractivity contribution in [3.63, 3.8) is 0 Å². The molecule has 5 nitrogen and oxygen atoms in total. The molecule has 1 saturated heterocycles. The SMILES string of the molecule is CCC(C)(C(NN)c1cc(Cl)cnc1N)N1CCCC1. The zero-order valence-electron chi connectivity index (χ0n) is 12.2. The predicted molar refractivity (Wildman–Crippen MR) is 83.2 cm³/mol. The van der Waals surface area contributed by atoms with Crippen molar-refractivity contribution in [1.29, 1.82) is 0 Å². The molecule has 2 rings (SSSR count). The molecule has 0 bridgehead atoms. The van der Waals surface area contributed by atoms with Gasteiger partial charge in [-0.3, -0.25) is 16.2 Å². The second-order valence-electron chi connectivity index (χ2n) is 5.63. The summed E-state index contributed by atoms with van der Waals surface area (Å²) in [5.41, 5.74) is 9.73. The lowest BCUT2D eigenvalue weighted by atomic mass is 9.83. The van der Waals surface area contributed by atoms with Crippen LogP contribution in [0.25, 0.3) is 0 Å². The molecule has 1 aliphatic rings. The third-order valence-electron chi connectivity index (χ3n) is 4.56. The Balaban J connectivity index is 2.40. The van der Waals surface area contributed by atoms with E-state index in [0.717, 1.165) is 25.1 Å². The van der Waals surface area contributed by atoms with Gasteiger partial charge in [0.2, 0.25) is 0 Å². The molecule has 20 heavy (non-hydrogen) atoms. The van der Waals surface area contributed by atoms with Gasteiger partial charge in [-0.2, -0.15) is 0 Å². The highest BCUT2D eigenvalue weighted by Gasteiger charge is 2.40. The molecule has 0 aromatic carbocycles. The molecule has 0 amide bonds. The number of hydrogen-bond donors (Lipinski definition) is 3. The van der Waals surface area contributed by atoms with Crippen LogP contribution in [-0.4, -0.2) is 28.5 Å². The summed E-state index contributed by atoms with van der Waals surface area (Å²) in [6.45, 7) is 6.59. The Labute approximate surface area is 125 Å². The molecule has 0 saturated carbocycles. The molecular formula is C14H24ClN5. The van der Waals surface area contributed by atoms with Gasteiger partial charge in [0.1, 0.15) is 5.82 Å². The summed E-state index contributed by atoms with van der Waals surface area (Å²) >= 11 is 6.07. The van der Waals surface area contributed by atoms with Crippen molar-refractivity contribution in [2.75, 3.05) is 18.8 Å². The van der Waals surface area contributed by atoms with E-state index in [1.165, 1.54) is 12.8 Å². The first-order valence-electron chi connectivity index (χ1n) is 7.15. The number of nitrogens with two attached hydrogens (primary N) is 2. The number of aromatic nitrogens is 1. The van der Waals surface area contributed by atoms with E-state index in [-0.39, 0.29) is 11.6 Å². The van der Waals surface area contributed by atoms with Crippen molar-refractivity contribution >= 4 is 17.4 Å². The van der Waals surface area contributed by atoms with Crippen LogP contribution in [0.4, 0.5) is 5.82 Å². The molecule has 6 heteroatoms. The van der Waals surface area contributed by atoms with Crippen LogP contribution in [0.1, 0.15) is 44.7 Å². The summed E-state index contributed by atoms with van der Waals surface area (Å²) in [5, 5.41) is 0.578. The minimum atomic E-state index is -0.105. The average Bonchev–Trinajstić information content (AvgIpc) is 2.97. The van der Waals surface area contributed by atoms with Gasteiger partial charge in [0, 0.05) is 17.3 Å². The summed E-state index contributed by atoms with van der Waals surface area (Å²) in [6.07, 6.45) is 4.99. The van der Waals surface area contributed by atoms with Crippen LogP contribution in [0.15, 0.2) is 12.3 Å². The molecule has 2 heterocycles. The zero-order chi connectivity index (χ0) is 14.8. The van der Waals surface area contributed by atoms with Crippen molar-refractivity contribution in [2.24, 2.45) is 5.84 Å². The molecule has 2 unspecified atom stereocenters. The molecule has 2 atom stereocenters. The third-order valence-corrected chi connectivity index (χ3v) is 4.77. The lowest BCUT2D eigenvalue weighted by molar-refractivity contribution is 0.0842. The van der Waals surface area contributed by atoms with Crippen LogP contribution in [0, 0.1) is 0 Å². The smallest absolute Gasteiger partial charge is 0.128 e. The summed E-state index contributed by atoms with van der Waals surface area (Å²) in [4.78, 5) is 6.64. The van der Waals surface area contributed by atoms with Crippen LogP contribution in [0.2, 0.25) is 5.02 Å². The fraction of sp³-hybridized carbons (Fsp3) is 0.643. The van der Waals surface area contributed by atoms with Gasteiger partial charge in [-0.25, -0.2) is 4.98 Å². The van der Waals surface area contributed by atoms with Crippen molar-refractivity contribution in [2.45, 2.75) is 44.7 Å². The maximum atomic E-state index is 6.07. The van der Waals surface area contributed by atoms with Gasteiger partial charge in [-0.05, 0) is 45.3 Å². The van der Waals surface area contributed by atoms with Crippen molar-refractivity contribution in [3.05, 3.63) is 22.8 Å².